The lowest BCUT2D eigenvalue weighted by molar-refractivity contribution is 0.123. The maximum Gasteiger partial charge on any atom is 0.321 e. The van der Waals surface area contributed by atoms with Crippen LogP contribution in [0.2, 0.25) is 0 Å². The molecule has 1 aliphatic rings. The topological polar surface area (TPSA) is 55.8 Å². The van der Waals surface area contributed by atoms with Gasteiger partial charge in [-0.1, -0.05) is 6.08 Å². The molecule has 5 nitrogen and oxygen atoms in total. The standard InChI is InChI=1S/C10H19N3O2/c1-2-3-11-10(15)13-6-4-12(5-7-13)8-9-14/h2-3,14H,4-9H2,1H3,(H,11,15)/b3-2+. The summed E-state index contributed by atoms with van der Waals surface area (Å²) in [5, 5.41) is 11.5. The van der Waals surface area contributed by atoms with E-state index in [4.69, 9.17) is 5.11 Å². The highest BCUT2D eigenvalue weighted by Crippen LogP contribution is 2.01. The first-order valence-corrected chi connectivity index (χ1v) is 5.27. The number of allylic oxidation sites excluding steroid dienone is 1. The molecular weight excluding hydrogens is 194 g/mol. The highest BCUT2D eigenvalue weighted by molar-refractivity contribution is 5.75. The van der Waals surface area contributed by atoms with E-state index >= 15 is 0 Å². The van der Waals surface area contributed by atoms with Crippen LogP contribution in [0.3, 0.4) is 0 Å². The highest BCUT2D eigenvalue weighted by Gasteiger charge is 2.19. The molecule has 0 atom stereocenters. The fourth-order valence-electron chi connectivity index (χ4n) is 1.56. The molecule has 0 unspecified atom stereocenters. The molecule has 1 heterocycles. The molecule has 0 radical (unpaired) electrons. The number of rotatable bonds is 3. The largest absolute Gasteiger partial charge is 0.395 e. The number of piperazine rings is 1. The van der Waals surface area contributed by atoms with Gasteiger partial charge in [0.15, 0.2) is 0 Å². The minimum atomic E-state index is -0.0447. The molecule has 0 aromatic heterocycles. The third-order valence-corrected chi connectivity index (χ3v) is 2.45. The molecule has 0 bridgehead atoms. The average molecular weight is 213 g/mol. The zero-order valence-corrected chi connectivity index (χ0v) is 9.15. The molecule has 15 heavy (non-hydrogen) atoms. The Hall–Kier alpha value is -1.07. The Labute approximate surface area is 90.4 Å². The predicted molar refractivity (Wildman–Crippen MR) is 58.4 cm³/mol. The average Bonchev–Trinajstić information content (AvgIpc) is 2.27. The van der Waals surface area contributed by atoms with Crippen LogP contribution < -0.4 is 5.32 Å². The molecule has 0 aliphatic carbocycles. The number of urea groups is 1. The maximum absolute atomic E-state index is 11.5. The van der Waals surface area contributed by atoms with E-state index < -0.39 is 0 Å². The third-order valence-electron chi connectivity index (χ3n) is 2.45. The van der Waals surface area contributed by atoms with Crippen molar-refractivity contribution in [3.63, 3.8) is 0 Å². The number of amides is 2. The maximum atomic E-state index is 11.5. The molecular formula is C10H19N3O2. The number of aliphatic hydroxyl groups excluding tert-OH is 1. The van der Waals surface area contributed by atoms with Crippen molar-refractivity contribution < 1.29 is 9.90 Å². The summed E-state index contributed by atoms with van der Waals surface area (Å²) in [6.45, 7) is 5.87. The SMILES string of the molecule is C/C=C/NC(=O)N1CCN(CCO)CC1. The van der Waals surface area contributed by atoms with E-state index in [1.54, 1.807) is 17.2 Å². The number of carbonyl (C=O) groups excluding carboxylic acids is 1. The van der Waals surface area contributed by atoms with Crippen LogP contribution >= 0.6 is 0 Å². The van der Waals surface area contributed by atoms with Gasteiger partial charge < -0.3 is 15.3 Å². The number of nitrogens with zero attached hydrogens (tertiary/aromatic N) is 2. The van der Waals surface area contributed by atoms with Crippen molar-refractivity contribution in [3.8, 4) is 0 Å². The van der Waals surface area contributed by atoms with Crippen molar-refractivity contribution >= 4 is 6.03 Å². The van der Waals surface area contributed by atoms with Gasteiger partial charge in [-0.25, -0.2) is 4.79 Å². The van der Waals surface area contributed by atoms with Crippen LogP contribution in [0.5, 0.6) is 0 Å². The summed E-state index contributed by atoms with van der Waals surface area (Å²) in [7, 11) is 0. The normalized spacial score (nSPS) is 18.4. The molecule has 1 fully saturated rings. The highest BCUT2D eigenvalue weighted by atomic mass is 16.3. The Morgan fingerprint density at radius 2 is 2.07 bits per heavy atom. The van der Waals surface area contributed by atoms with Gasteiger partial charge in [0.1, 0.15) is 0 Å². The molecule has 1 aliphatic heterocycles. The lowest BCUT2D eigenvalue weighted by Crippen LogP contribution is -2.51. The van der Waals surface area contributed by atoms with Crippen LogP contribution in [0, 0.1) is 0 Å². The minimum Gasteiger partial charge on any atom is -0.395 e. The summed E-state index contributed by atoms with van der Waals surface area (Å²) >= 11 is 0. The second-order valence-corrected chi connectivity index (χ2v) is 3.50. The van der Waals surface area contributed by atoms with Crippen LogP contribution in [0.25, 0.3) is 0 Å². The first-order valence-electron chi connectivity index (χ1n) is 5.27. The summed E-state index contributed by atoms with van der Waals surface area (Å²) < 4.78 is 0. The second kappa shape index (κ2) is 6.42. The van der Waals surface area contributed by atoms with Crippen molar-refractivity contribution in [2.45, 2.75) is 6.92 Å². The summed E-state index contributed by atoms with van der Waals surface area (Å²) in [5.74, 6) is 0. The van der Waals surface area contributed by atoms with Crippen molar-refractivity contribution in [2.75, 3.05) is 39.3 Å². The molecule has 2 N–H and O–H groups in total. The van der Waals surface area contributed by atoms with Crippen LogP contribution in [0.4, 0.5) is 4.79 Å². The number of nitrogens with one attached hydrogen (secondary N) is 1. The van der Waals surface area contributed by atoms with E-state index in [9.17, 15) is 4.79 Å². The number of carbonyl (C=O) groups is 1. The van der Waals surface area contributed by atoms with E-state index in [-0.39, 0.29) is 12.6 Å². The Kier molecular flexibility index (Phi) is 5.14. The fourth-order valence-corrected chi connectivity index (χ4v) is 1.56. The first-order chi connectivity index (χ1) is 7.27. The zero-order chi connectivity index (χ0) is 11.1. The number of hydrogen-bond acceptors (Lipinski definition) is 3. The number of β-amino-alcohol motifs (C(OH)–C–C–N with tert-alkyl or cyclic N) is 1. The minimum absolute atomic E-state index is 0.0447. The summed E-state index contributed by atoms with van der Waals surface area (Å²) in [6.07, 6.45) is 3.43. The van der Waals surface area contributed by atoms with Crippen LogP contribution in [0.15, 0.2) is 12.3 Å². The van der Waals surface area contributed by atoms with E-state index in [0.717, 1.165) is 26.2 Å². The van der Waals surface area contributed by atoms with Gasteiger partial charge in [0.05, 0.1) is 6.61 Å². The second-order valence-electron chi connectivity index (χ2n) is 3.50. The number of hydrogen-bond donors (Lipinski definition) is 2. The Bertz CT molecular complexity index is 223. The van der Waals surface area contributed by atoms with Crippen LogP contribution in [-0.4, -0.2) is 60.3 Å². The molecule has 0 aromatic rings. The quantitative estimate of drug-likeness (QED) is 0.685. The van der Waals surface area contributed by atoms with Gasteiger partial charge in [0.25, 0.3) is 0 Å². The van der Waals surface area contributed by atoms with E-state index in [0.29, 0.717) is 6.54 Å². The molecule has 0 aromatic carbocycles. The first kappa shape index (κ1) is 12.0. The lowest BCUT2D eigenvalue weighted by atomic mass is 10.3. The Balaban J connectivity index is 2.27. The molecule has 5 heteroatoms. The fraction of sp³-hybridized carbons (Fsp3) is 0.700. The summed E-state index contributed by atoms with van der Waals surface area (Å²) in [5.41, 5.74) is 0. The van der Waals surface area contributed by atoms with E-state index in [1.807, 2.05) is 6.92 Å². The summed E-state index contributed by atoms with van der Waals surface area (Å²) in [4.78, 5) is 15.5. The van der Waals surface area contributed by atoms with Crippen molar-refractivity contribution in [3.05, 3.63) is 12.3 Å². The smallest absolute Gasteiger partial charge is 0.321 e. The zero-order valence-electron chi connectivity index (χ0n) is 9.15. The molecule has 0 saturated carbocycles. The molecule has 1 saturated heterocycles. The van der Waals surface area contributed by atoms with Gasteiger partial charge in [0, 0.05) is 38.9 Å². The Morgan fingerprint density at radius 1 is 1.40 bits per heavy atom. The van der Waals surface area contributed by atoms with Gasteiger partial charge in [-0.05, 0) is 6.92 Å². The molecule has 1 rings (SSSR count). The molecule has 86 valence electrons. The summed E-state index contributed by atoms with van der Waals surface area (Å²) in [6, 6.07) is -0.0447. The monoisotopic (exact) mass is 213 g/mol. The van der Waals surface area contributed by atoms with Crippen molar-refractivity contribution in [2.24, 2.45) is 0 Å². The lowest BCUT2D eigenvalue weighted by Gasteiger charge is -2.33. The van der Waals surface area contributed by atoms with Crippen LogP contribution in [0.1, 0.15) is 6.92 Å². The number of aliphatic hydroxyl groups is 1. The van der Waals surface area contributed by atoms with Crippen molar-refractivity contribution in [1.82, 2.24) is 15.1 Å². The van der Waals surface area contributed by atoms with Gasteiger partial charge in [0.2, 0.25) is 0 Å². The van der Waals surface area contributed by atoms with E-state index in [2.05, 4.69) is 10.2 Å². The molecule has 0 spiro atoms. The van der Waals surface area contributed by atoms with Gasteiger partial charge in [-0.2, -0.15) is 0 Å². The predicted octanol–water partition coefficient (Wildman–Crippen LogP) is -0.161. The third kappa shape index (κ3) is 3.89. The van der Waals surface area contributed by atoms with Crippen molar-refractivity contribution in [1.29, 1.82) is 0 Å². The van der Waals surface area contributed by atoms with E-state index in [1.165, 1.54) is 0 Å². The van der Waals surface area contributed by atoms with Crippen LogP contribution in [-0.2, 0) is 0 Å². The van der Waals surface area contributed by atoms with Gasteiger partial charge in [-0.15, -0.1) is 0 Å². The molecule has 2 amide bonds. The van der Waals surface area contributed by atoms with Gasteiger partial charge in [-0.3, -0.25) is 4.90 Å². The Morgan fingerprint density at radius 3 is 2.60 bits per heavy atom. The van der Waals surface area contributed by atoms with Gasteiger partial charge >= 0.3 is 6.03 Å².